The van der Waals surface area contributed by atoms with E-state index in [-0.39, 0.29) is 6.04 Å². The molecular formula is C9H16N2S. The molecule has 1 aromatic rings. The van der Waals surface area contributed by atoms with E-state index in [9.17, 15) is 0 Å². The summed E-state index contributed by atoms with van der Waals surface area (Å²) in [5.74, 6) is 0.572. The highest BCUT2D eigenvalue weighted by atomic mass is 32.1. The van der Waals surface area contributed by atoms with Crippen LogP contribution < -0.4 is 5.73 Å². The van der Waals surface area contributed by atoms with Gasteiger partial charge in [0, 0.05) is 23.0 Å². The predicted octanol–water partition coefficient (Wildman–Crippen LogP) is 2.68. The Hall–Kier alpha value is -0.410. The van der Waals surface area contributed by atoms with Crippen LogP contribution in [0.15, 0.2) is 6.20 Å². The van der Waals surface area contributed by atoms with Crippen molar-refractivity contribution in [1.82, 2.24) is 4.98 Å². The second-order valence-electron chi connectivity index (χ2n) is 3.20. The van der Waals surface area contributed by atoms with E-state index >= 15 is 0 Å². The molecule has 2 nitrogen and oxygen atoms in total. The molecule has 2 atom stereocenters. The fourth-order valence-corrected chi connectivity index (χ4v) is 1.92. The number of hydrogen-bond acceptors (Lipinski definition) is 3. The molecule has 0 saturated carbocycles. The summed E-state index contributed by atoms with van der Waals surface area (Å²) in [6.07, 6.45) is 3.04. The Kier molecular flexibility index (Phi) is 3.23. The Morgan fingerprint density at radius 3 is 2.67 bits per heavy atom. The lowest BCUT2D eigenvalue weighted by Gasteiger charge is -2.02. The Morgan fingerprint density at radius 1 is 1.58 bits per heavy atom. The van der Waals surface area contributed by atoms with Crippen molar-refractivity contribution in [2.45, 2.75) is 39.2 Å². The Bertz CT molecular complexity index is 242. The molecule has 0 aromatic carbocycles. The number of rotatable bonds is 3. The smallest absolute Gasteiger partial charge is 0.0956 e. The molecule has 0 aliphatic heterocycles. The lowest BCUT2D eigenvalue weighted by molar-refractivity contribution is 0.726. The van der Waals surface area contributed by atoms with Crippen LogP contribution in [0.2, 0.25) is 0 Å². The van der Waals surface area contributed by atoms with Gasteiger partial charge >= 0.3 is 0 Å². The van der Waals surface area contributed by atoms with Gasteiger partial charge in [0.15, 0.2) is 0 Å². The van der Waals surface area contributed by atoms with Gasteiger partial charge in [-0.25, -0.2) is 4.98 Å². The highest BCUT2D eigenvalue weighted by Gasteiger charge is 2.09. The summed E-state index contributed by atoms with van der Waals surface area (Å²) in [6.45, 7) is 6.37. The van der Waals surface area contributed by atoms with Gasteiger partial charge in [0.2, 0.25) is 0 Å². The van der Waals surface area contributed by atoms with Crippen LogP contribution in [0.1, 0.15) is 49.0 Å². The summed E-state index contributed by atoms with van der Waals surface area (Å²) in [5, 5.41) is 1.21. The second-order valence-corrected chi connectivity index (χ2v) is 4.29. The summed E-state index contributed by atoms with van der Waals surface area (Å²) in [4.78, 5) is 5.53. The predicted molar refractivity (Wildman–Crippen MR) is 53.4 cm³/mol. The van der Waals surface area contributed by atoms with Crippen molar-refractivity contribution in [3.05, 3.63) is 16.1 Å². The van der Waals surface area contributed by atoms with E-state index in [1.54, 1.807) is 11.3 Å². The van der Waals surface area contributed by atoms with Crippen LogP contribution in [0.4, 0.5) is 0 Å². The van der Waals surface area contributed by atoms with Crippen molar-refractivity contribution in [3.8, 4) is 0 Å². The molecule has 68 valence electrons. The first-order chi connectivity index (χ1) is 5.65. The highest BCUT2D eigenvalue weighted by molar-refractivity contribution is 7.11. The van der Waals surface area contributed by atoms with E-state index in [0.717, 1.165) is 6.42 Å². The summed E-state index contributed by atoms with van der Waals surface area (Å²) in [5.41, 5.74) is 5.74. The van der Waals surface area contributed by atoms with Gasteiger partial charge < -0.3 is 5.73 Å². The van der Waals surface area contributed by atoms with Crippen molar-refractivity contribution < 1.29 is 0 Å². The van der Waals surface area contributed by atoms with Crippen LogP contribution in [0.3, 0.4) is 0 Å². The van der Waals surface area contributed by atoms with Crippen molar-refractivity contribution in [1.29, 1.82) is 0 Å². The molecule has 0 radical (unpaired) electrons. The molecule has 1 rings (SSSR count). The first-order valence-corrected chi connectivity index (χ1v) is 5.18. The molecule has 0 spiro atoms. The van der Waals surface area contributed by atoms with E-state index in [2.05, 4.69) is 18.8 Å². The number of hydrogen-bond donors (Lipinski definition) is 1. The van der Waals surface area contributed by atoms with Crippen molar-refractivity contribution in [3.63, 3.8) is 0 Å². The van der Waals surface area contributed by atoms with Crippen LogP contribution in [0.25, 0.3) is 0 Å². The van der Waals surface area contributed by atoms with Gasteiger partial charge in [0.25, 0.3) is 0 Å². The molecule has 0 amide bonds. The number of nitrogens with two attached hydrogens (primary N) is 1. The molecule has 12 heavy (non-hydrogen) atoms. The first-order valence-electron chi connectivity index (χ1n) is 4.36. The van der Waals surface area contributed by atoms with Crippen molar-refractivity contribution in [2.24, 2.45) is 5.73 Å². The number of aromatic nitrogens is 1. The van der Waals surface area contributed by atoms with Gasteiger partial charge in [-0.15, -0.1) is 11.3 Å². The second kappa shape index (κ2) is 4.01. The fraction of sp³-hybridized carbons (Fsp3) is 0.667. The summed E-state index contributed by atoms with van der Waals surface area (Å²) in [6, 6.07) is 0.125. The van der Waals surface area contributed by atoms with Gasteiger partial charge in [-0.2, -0.15) is 0 Å². The van der Waals surface area contributed by atoms with Crippen LogP contribution in [-0.4, -0.2) is 4.98 Å². The monoisotopic (exact) mass is 184 g/mol. The molecule has 0 fully saturated rings. The van der Waals surface area contributed by atoms with Gasteiger partial charge in [0.1, 0.15) is 0 Å². The van der Waals surface area contributed by atoms with Crippen LogP contribution >= 0.6 is 11.3 Å². The largest absolute Gasteiger partial charge is 0.323 e. The summed E-state index contributed by atoms with van der Waals surface area (Å²) in [7, 11) is 0. The van der Waals surface area contributed by atoms with Gasteiger partial charge in [0.05, 0.1) is 5.01 Å². The zero-order chi connectivity index (χ0) is 9.14. The third kappa shape index (κ3) is 2.05. The van der Waals surface area contributed by atoms with E-state index in [1.165, 1.54) is 9.88 Å². The Morgan fingerprint density at radius 2 is 2.25 bits per heavy atom. The fourth-order valence-electron chi connectivity index (χ4n) is 0.914. The minimum Gasteiger partial charge on any atom is -0.323 e. The van der Waals surface area contributed by atoms with E-state index in [1.807, 2.05) is 13.1 Å². The minimum absolute atomic E-state index is 0.125. The van der Waals surface area contributed by atoms with Crippen molar-refractivity contribution in [2.75, 3.05) is 0 Å². The van der Waals surface area contributed by atoms with E-state index in [0.29, 0.717) is 5.92 Å². The average molecular weight is 184 g/mol. The SMILES string of the molecule is CCC(C)c1ncc(C(C)N)s1. The van der Waals surface area contributed by atoms with Crippen LogP contribution in [-0.2, 0) is 0 Å². The molecule has 1 aromatic heterocycles. The molecule has 3 heteroatoms. The lowest BCUT2D eigenvalue weighted by Crippen LogP contribution is -2.01. The number of thiazole rings is 1. The molecular weight excluding hydrogens is 168 g/mol. The van der Waals surface area contributed by atoms with Gasteiger partial charge in [-0.05, 0) is 13.3 Å². The average Bonchev–Trinajstić information content (AvgIpc) is 2.51. The zero-order valence-electron chi connectivity index (χ0n) is 7.87. The quantitative estimate of drug-likeness (QED) is 0.784. The molecule has 2 unspecified atom stereocenters. The molecule has 0 saturated heterocycles. The number of nitrogens with zero attached hydrogens (tertiary/aromatic N) is 1. The van der Waals surface area contributed by atoms with Crippen molar-refractivity contribution >= 4 is 11.3 Å². The van der Waals surface area contributed by atoms with E-state index < -0.39 is 0 Å². The minimum atomic E-state index is 0.125. The molecule has 2 N–H and O–H groups in total. The van der Waals surface area contributed by atoms with Crippen LogP contribution in [0.5, 0.6) is 0 Å². The Balaban J connectivity index is 2.77. The third-order valence-electron chi connectivity index (χ3n) is 2.02. The maximum absolute atomic E-state index is 5.74. The first kappa shape index (κ1) is 9.68. The zero-order valence-corrected chi connectivity index (χ0v) is 8.69. The maximum atomic E-state index is 5.74. The maximum Gasteiger partial charge on any atom is 0.0956 e. The highest BCUT2D eigenvalue weighted by Crippen LogP contribution is 2.26. The molecule has 0 aliphatic carbocycles. The normalized spacial score (nSPS) is 16.0. The molecule has 1 heterocycles. The van der Waals surface area contributed by atoms with Gasteiger partial charge in [-0.1, -0.05) is 13.8 Å². The van der Waals surface area contributed by atoms with E-state index in [4.69, 9.17) is 5.73 Å². The summed E-state index contributed by atoms with van der Waals surface area (Å²) < 4.78 is 0. The summed E-state index contributed by atoms with van der Waals surface area (Å²) >= 11 is 1.74. The molecule has 0 bridgehead atoms. The Labute approximate surface area is 77.8 Å². The van der Waals surface area contributed by atoms with Crippen LogP contribution in [0, 0.1) is 0 Å². The van der Waals surface area contributed by atoms with Gasteiger partial charge in [-0.3, -0.25) is 0 Å². The topological polar surface area (TPSA) is 38.9 Å². The lowest BCUT2D eigenvalue weighted by atomic mass is 10.1. The molecule has 0 aliphatic rings. The standard InChI is InChI=1S/C9H16N2S/c1-4-6(2)9-11-5-8(12-9)7(3)10/h5-7H,4,10H2,1-3H3. The third-order valence-corrected chi connectivity index (χ3v) is 3.45.